The highest BCUT2D eigenvalue weighted by molar-refractivity contribution is 14.1. The predicted molar refractivity (Wildman–Crippen MR) is 65.0 cm³/mol. The molecule has 1 aromatic heterocycles. The smallest absolute Gasteiger partial charge is 0.266 e. The average Bonchev–Trinajstić information content (AvgIpc) is 2.73. The molecule has 82 valence electrons. The van der Waals surface area contributed by atoms with Crippen molar-refractivity contribution in [1.29, 1.82) is 0 Å². The van der Waals surface area contributed by atoms with Crippen LogP contribution in [0.1, 0.15) is 12.8 Å². The van der Waals surface area contributed by atoms with Crippen molar-refractivity contribution in [1.82, 2.24) is 9.97 Å². The zero-order chi connectivity index (χ0) is 10.7. The third kappa shape index (κ3) is 2.69. The Morgan fingerprint density at radius 2 is 2.60 bits per heavy atom. The van der Waals surface area contributed by atoms with Crippen molar-refractivity contribution in [3.05, 3.63) is 20.3 Å². The van der Waals surface area contributed by atoms with Crippen molar-refractivity contribution in [3.8, 4) is 0 Å². The van der Waals surface area contributed by atoms with E-state index in [9.17, 15) is 4.79 Å². The van der Waals surface area contributed by atoms with Crippen LogP contribution in [0, 0.1) is 3.57 Å². The molecule has 0 aromatic carbocycles. The Kier molecular flexibility index (Phi) is 3.57. The zero-order valence-corrected chi connectivity index (χ0v) is 10.3. The van der Waals surface area contributed by atoms with E-state index in [2.05, 4.69) is 15.3 Å². The van der Waals surface area contributed by atoms with Crippen LogP contribution in [0.15, 0.2) is 11.1 Å². The van der Waals surface area contributed by atoms with Crippen LogP contribution < -0.4 is 10.9 Å². The quantitative estimate of drug-likeness (QED) is 0.814. The van der Waals surface area contributed by atoms with Crippen LogP contribution in [-0.2, 0) is 4.74 Å². The summed E-state index contributed by atoms with van der Waals surface area (Å²) in [6, 6.07) is 0. The summed E-state index contributed by atoms with van der Waals surface area (Å²) in [4.78, 5) is 17.9. The largest absolute Gasteiger partial charge is 0.376 e. The number of aromatic amines is 1. The SMILES string of the molecule is O=c1[nH]cnc(NCC2CCCO2)c1I. The summed E-state index contributed by atoms with van der Waals surface area (Å²) in [6.07, 6.45) is 3.85. The van der Waals surface area contributed by atoms with Gasteiger partial charge in [-0.15, -0.1) is 0 Å². The monoisotopic (exact) mass is 321 g/mol. The fraction of sp³-hybridized carbons (Fsp3) is 0.556. The van der Waals surface area contributed by atoms with Crippen molar-refractivity contribution in [2.45, 2.75) is 18.9 Å². The first-order valence-corrected chi connectivity index (χ1v) is 5.94. The van der Waals surface area contributed by atoms with Gasteiger partial charge in [-0.05, 0) is 35.4 Å². The Balaban J connectivity index is 1.98. The minimum absolute atomic E-state index is 0.111. The van der Waals surface area contributed by atoms with Crippen molar-refractivity contribution in [2.75, 3.05) is 18.5 Å². The number of rotatable bonds is 3. The lowest BCUT2D eigenvalue weighted by Gasteiger charge is -2.11. The number of hydrogen-bond donors (Lipinski definition) is 2. The second kappa shape index (κ2) is 4.93. The number of halogens is 1. The molecule has 1 aliphatic rings. The van der Waals surface area contributed by atoms with Crippen LogP contribution in [0.5, 0.6) is 0 Å². The molecule has 2 rings (SSSR count). The zero-order valence-electron chi connectivity index (χ0n) is 8.12. The van der Waals surface area contributed by atoms with Gasteiger partial charge in [-0.3, -0.25) is 4.79 Å². The van der Waals surface area contributed by atoms with E-state index in [1.165, 1.54) is 6.33 Å². The van der Waals surface area contributed by atoms with Gasteiger partial charge in [-0.2, -0.15) is 0 Å². The highest BCUT2D eigenvalue weighted by Crippen LogP contribution is 2.14. The lowest BCUT2D eigenvalue weighted by Crippen LogP contribution is -2.22. The Bertz CT molecular complexity index is 387. The highest BCUT2D eigenvalue weighted by atomic mass is 127. The van der Waals surface area contributed by atoms with E-state index in [-0.39, 0.29) is 11.7 Å². The summed E-state index contributed by atoms with van der Waals surface area (Å²) in [5.41, 5.74) is -0.111. The second-order valence-electron chi connectivity index (χ2n) is 3.41. The van der Waals surface area contributed by atoms with Crippen LogP contribution in [0.3, 0.4) is 0 Å². The van der Waals surface area contributed by atoms with Gasteiger partial charge in [0.05, 0.1) is 12.4 Å². The molecule has 1 fully saturated rings. The fourth-order valence-corrected chi connectivity index (χ4v) is 2.01. The van der Waals surface area contributed by atoms with Gasteiger partial charge >= 0.3 is 0 Å². The topological polar surface area (TPSA) is 67.0 Å². The van der Waals surface area contributed by atoms with Gasteiger partial charge in [0.1, 0.15) is 9.39 Å². The lowest BCUT2D eigenvalue weighted by molar-refractivity contribution is 0.120. The fourth-order valence-electron chi connectivity index (χ4n) is 1.52. The molecule has 2 heterocycles. The Morgan fingerprint density at radius 1 is 1.73 bits per heavy atom. The Labute approximate surface area is 101 Å². The first kappa shape index (κ1) is 10.9. The summed E-state index contributed by atoms with van der Waals surface area (Å²) in [5, 5.41) is 3.13. The Morgan fingerprint density at radius 3 is 3.33 bits per heavy atom. The lowest BCUT2D eigenvalue weighted by atomic mass is 10.2. The molecular formula is C9H12IN3O2. The van der Waals surface area contributed by atoms with Crippen molar-refractivity contribution in [3.63, 3.8) is 0 Å². The van der Waals surface area contributed by atoms with Gasteiger partial charge in [0.15, 0.2) is 0 Å². The molecule has 15 heavy (non-hydrogen) atoms. The molecule has 0 amide bonds. The van der Waals surface area contributed by atoms with E-state index in [0.29, 0.717) is 15.9 Å². The van der Waals surface area contributed by atoms with Crippen molar-refractivity contribution in [2.24, 2.45) is 0 Å². The number of aromatic nitrogens is 2. The molecule has 1 atom stereocenters. The molecule has 0 saturated carbocycles. The maximum absolute atomic E-state index is 11.3. The maximum atomic E-state index is 11.3. The van der Waals surface area contributed by atoms with Gasteiger partial charge in [0, 0.05) is 13.2 Å². The second-order valence-corrected chi connectivity index (χ2v) is 4.49. The first-order chi connectivity index (χ1) is 7.27. The van der Waals surface area contributed by atoms with Gasteiger partial charge < -0.3 is 15.0 Å². The molecular weight excluding hydrogens is 309 g/mol. The summed E-state index contributed by atoms with van der Waals surface area (Å²) in [5.74, 6) is 0.634. The number of nitrogens with one attached hydrogen (secondary N) is 2. The summed E-state index contributed by atoms with van der Waals surface area (Å²) >= 11 is 1.98. The molecule has 1 saturated heterocycles. The number of H-pyrrole nitrogens is 1. The number of ether oxygens (including phenoxy) is 1. The summed E-state index contributed by atoms with van der Waals surface area (Å²) in [7, 11) is 0. The predicted octanol–water partition coefficient (Wildman–Crippen LogP) is 0.965. The highest BCUT2D eigenvalue weighted by Gasteiger charge is 2.15. The van der Waals surface area contributed by atoms with E-state index in [0.717, 1.165) is 19.4 Å². The first-order valence-electron chi connectivity index (χ1n) is 4.86. The molecule has 0 aliphatic carbocycles. The number of anilines is 1. The van der Waals surface area contributed by atoms with Crippen LogP contribution in [0.2, 0.25) is 0 Å². The normalized spacial score (nSPS) is 20.5. The Hall–Kier alpha value is -0.630. The van der Waals surface area contributed by atoms with E-state index < -0.39 is 0 Å². The molecule has 5 nitrogen and oxygen atoms in total. The standard InChI is InChI=1S/C9H12IN3O2/c10-7-8(12-5-13-9(7)14)11-4-6-2-1-3-15-6/h5-6H,1-4H2,(H2,11,12,13,14). The van der Waals surface area contributed by atoms with Gasteiger partial charge in [0.2, 0.25) is 0 Å². The van der Waals surface area contributed by atoms with Crippen LogP contribution in [0.25, 0.3) is 0 Å². The van der Waals surface area contributed by atoms with Crippen LogP contribution in [0.4, 0.5) is 5.82 Å². The van der Waals surface area contributed by atoms with Crippen LogP contribution >= 0.6 is 22.6 Å². The summed E-state index contributed by atoms with van der Waals surface area (Å²) < 4.78 is 6.06. The third-order valence-electron chi connectivity index (χ3n) is 2.32. The molecule has 0 spiro atoms. The molecule has 1 aliphatic heterocycles. The van der Waals surface area contributed by atoms with Gasteiger partial charge in [-0.1, -0.05) is 0 Å². The molecule has 1 unspecified atom stereocenters. The van der Waals surface area contributed by atoms with Gasteiger partial charge in [-0.25, -0.2) is 4.98 Å². The number of hydrogen-bond acceptors (Lipinski definition) is 4. The van der Waals surface area contributed by atoms with Crippen LogP contribution in [-0.4, -0.2) is 29.2 Å². The van der Waals surface area contributed by atoms with E-state index in [1.54, 1.807) is 0 Å². The minimum Gasteiger partial charge on any atom is -0.376 e. The van der Waals surface area contributed by atoms with E-state index in [4.69, 9.17) is 4.74 Å². The molecule has 6 heteroatoms. The van der Waals surface area contributed by atoms with Crippen molar-refractivity contribution >= 4 is 28.4 Å². The summed E-state index contributed by atoms with van der Waals surface area (Å²) in [6.45, 7) is 1.55. The minimum atomic E-state index is -0.111. The van der Waals surface area contributed by atoms with Crippen molar-refractivity contribution < 1.29 is 4.74 Å². The average molecular weight is 321 g/mol. The number of nitrogens with zero attached hydrogens (tertiary/aromatic N) is 1. The third-order valence-corrected chi connectivity index (χ3v) is 3.32. The van der Waals surface area contributed by atoms with E-state index in [1.807, 2.05) is 22.6 Å². The molecule has 1 aromatic rings. The molecule has 0 radical (unpaired) electrons. The molecule has 0 bridgehead atoms. The maximum Gasteiger partial charge on any atom is 0.266 e. The van der Waals surface area contributed by atoms with E-state index >= 15 is 0 Å². The van der Waals surface area contributed by atoms with Gasteiger partial charge in [0.25, 0.3) is 5.56 Å². The molecule has 2 N–H and O–H groups in total.